The summed E-state index contributed by atoms with van der Waals surface area (Å²) >= 11 is 7.30. The van der Waals surface area contributed by atoms with Crippen molar-refractivity contribution in [2.24, 2.45) is 5.92 Å². The molecule has 0 saturated heterocycles. The molecular formula is C25H27ClN4O3S. The second-order valence-electron chi connectivity index (χ2n) is 8.83. The molecule has 0 atom stereocenters. The number of halogens is 1. The average Bonchev–Trinajstić information content (AvgIpc) is 3.61. The van der Waals surface area contributed by atoms with Gasteiger partial charge in [0.25, 0.3) is 11.5 Å². The summed E-state index contributed by atoms with van der Waals surface area (Å²) in [5, 5.41) is 7.23. The molecule has 4 rings (SSSR count). The van der Waals surface area contributed by atoms with Crippen molar-refractivity contribution in [1.82, 2.24) is 14.9 Å². The van der Waals surface area contributed by atoms with Gasteiger partial charge in [0.1, 0.15) is 0 Å². The van der Waals surface area contributed by atoms with Gasteiger partial charge in [0.2, 0.25) is 5.91 Å². The maximum absolute atomic E-state index is 13.1. The van der Waals surface area contributed by atoms with E-state index >= 15 is 0 Å². The number of anilines is 1. The number of hydrogen-bond donors (Lipinski definition) is 2. The van der Waals surface area contributed by atoms with Crippen LogP contribution in [0.4, 0.5) is 5.69 Å². The first-order valence-corrected chi connectivity index (χ1v) is 12.7. The molecule has 1 saturated carbocycles. The van der Waals surface area contributed by atoms with Gasteiger partial charge in [0.05, 0.1) is 27.9 Å². The topological polar surface area (TPSA) is 93.1 Å². The molecule has 9 heteroatoms. The van der Waals surface area contributed by atoms with Crippen molar-refractivity contribution in [2.45, 2.75) is 50.9 Å². The third kappa shape index (κ3) is 5.98. The zero-order valence-electron chi connectivity index (χ0n) is 19.1. The highest BCUT2D eigenvalue weighted by Gasteiger charge is 2.25. The summed E-state index contributed by atoms with van der Waals surface area (Å²) in [5.41, 5.74) is 1.25. The zero-order valence-corrected chi connectivity index (χ0v) is 20.7. The predicted octanol–water partition coefficient (Wildman–Crippen LogP) is 4.72. The Hall–Kier alpha value is -2.84. The van der Waals surface area contributed by atoms with Gasteiger partial charge in [-0.05, 0) is 55.5 Å². The van der Waals surface area contributed by atoms with E-state index in [1.807, 2.05) is 0 Å². The van der Waals surface area contributed by atoms with Crippen LogP contribution in [0, 0.1) is 5.92 Å². The van der Waals surface area contributed by atoms with Crippen molar-refractivity contribution in [3.05, 3.63) is 63.4 Å². The molecule has 0 bridgehead atoms. The van der Waals surface area contributed by atoms with Crippen LogP contribution < -0.4 is 16.2 Å². The monoisotopic (exact) mass is 498 g/mol. The molecule has 7 nitrogen and oxygen atoms in total. The maximum Gasteiger partial charge on any atom is 0.262 e. The minimum Gasteiger partial charge on any atom is -0.349 e. The molecule has 178 valence electrons. The molecular weight excluding hydrogens is 472 g/mol. The van der Waals surface area contributed by atoms with Crippen LogP contribution in [-0.4, -0.2) is 33.2 Å². The number of carbonyl (C=O) groups is 2. The molecule has 0 radical (unpaired) electrons. The van der Waals surface area contributed by atoms with E-state index in [4.69, 9.17) is 11.6 Å². The molecule has 2 N–H and O–H groups in total. The smallest absolute Gasteiger partial charge is 0.262 e. The molecule has 1 heterocycles. The first-order chi connectivity index (χ1) is 16.3. The lowest BCUT2D eigenvalue weighted by molar-refractivity contribution is -0.113. The van der Waals surface area contributed by atoms with Crippen molar-refractivity contribution < 1.29 is 9.59 Å². The van der Waals surface area contributed by atoms with Gasteiger partial charge >= 0.3 is 0 Å². The van der Waals surface area contributed by atoms with E-state index in [0.29, 0.717) is 44.8 Å². The van der Waals surface area contributed by atoms with Crippen molar-refractivity contribution in [3.8, 4) is 0 Å². The number of fused-ring (bicyclic) bond motifs is 1. The number of rotatable bonds is 9. The van der Waals surface area contributed by atoms with E-state index < -0.39 is 0 Å². The number of amides is 2. The normalized spacial score (nSPS) is 13.3. The molecule has 0 spiro atoms. The largest absolute Gasteiger partial charge is 0.349 e. The summed E-state index contributed by atoms with van der Waals surface area (Å²) in [5.74, 6) is -0.0277. The summed E-state index contributed by atoms with van der Waals surface area (Å²) in [4.78, 5) is 43.1. The Morgan fingerprint density at radius 2 is 1.97 bits per heavy atom. The first-order valence-electron chi connectivity index (χ1n) is 11.3. The number of para-hydroxylation sites is 1. The maximum atomic E-state index is 13.1. The summed E-state index contributed by atoms with van der Waals surface area (Å²) in [6.07, 6.45) is 2.78. The van der Waals surface area contributed by atoms with E-state index in [9.17, 15) is 14.4 Å². The van der Waals surface area contributed by atoms with Crippen LogP contribution in [0.2, 0.25) is 5.02 Å². The minimum atomic E-state index is -0.285. The number of thioether (sulfide) groups is 1. The van der Waals surface area contributed by atoms with Gasteiger partial charge in [-0.15, -0.1) is 0 Å². The lowest BCUT2D eigenvalue weighted by atomic mass is 10.1. The molecule has 1 fully saturated rings. The molecule has 0 unspecified atom stereocenters. The molecule has 2 aromatic carbocycles. The highest BCUT2D eigenvalue weighted by molar-refractivity contribution is 7.99. The Bertz CT molecular complexity index is 1290. The first kappa shape index (κ1) is 24.3. The van der Waals surface area contributed by atoms with Crippen LogP contribution in [0.1, 0.15) is 43.5 Å². The highest BCUT2D eigenvalue weighted by Crippen LogP contribution is 2.24. The average molecular weight is 499 g/mol. The van der Waals surface area contributed by atoms with E-state index in [0.717, 1.165) is 19.3 Å². The standard InChI is InChI=1S/C25H27ClN4O3S/c1-15(2)11-12-30-24(33)19-10-7-16(26)13-21(19)29-25(30)34-14-22(31)28-20-6-4-3-5-18(20)23(32)27-17-8-9-17/h3-7,10,13,15,17H,8-9,11-12,14H2,1-2H3,(H,27,32)(H,28,31). The van der Waals surface area contributed by atoms with Gasteiger partial charge in [-0.2, -0.15) is 0 Å². The van der Waals surface area contributed by atoms with Gasteiger partial charge in [0, 0.05) is 17.6 Å². The van der Waals surface area contributed by atoms with E-state index in [-0.39, 0.29) is 29.2 Å². The third-order valence-electron chi connectivity index (χ3n) is 5.50. The lowest BCUT2D eigenvalue weighted by Gasteiger charge is -2.15. The van der Waals surface area contributed by atoms with Crippen LogP contribution in [-0.2, 0) is 11.3 Å². The Kier molecular flexibility index (Phi) is 7.58. The van der Waals surface area contributed by atoms with E-state index in [2.05, 4.69) is 29.5 Å². The van der Waals surface area contributed by atoms with Crippen LogP contribution in [0.3, 0.4) is 0 Å². The second-order valence-corrected chi connectivity index (χ2v) is 10.2. The Balaban J connectivity index is 1.52. The number of nitrogens with zero attached hydrogens (tertiary/aromatic N) is 2. The predicted molar refractivity (Wildman–Crippen MR) is 137 cm³/mol. The molecule has 34 heavy (non-hydrogen) atoms. The van der Waals surface area contributed by atoms with Gasteiger partial charge in [-0.3, -0.25) is 19.0 Å². The molecule has 1 aliphatic carbocycles. The summed E-state index contributed by atoms with van der Waals surface area (Å²) in [7, 11) is 0. The number of carbonyl (C=O) groups excluding carboxylic acids is 2. The van der Waals surface area contributed by atoms with Crippen molar-refractivity contribution in [3.63, 3.8) is 0 Å². The van der Waals surface area contributed by atoms with Crippen molar-refractivity contribution in [2.75, 3.05) is 11.1 Å². The van der Waals surface area contributed by atoms with Crippen molar-refractivity contribution in [1.29, 1.82) is 0 Å². The van der Waals surface area contributed by atoms with Gasteiger partial charge in [0.15, 0.2) is 5.16 Å². The number of hydrogen-bond acceptors (Lipinski definition) is 5. The summed E-state index contributed by atoms with van der Waals surface area (Å²) < 4.78 is 1.63. The van der Waals surface area contributed by atoms with Crippen LogP contribution in [0.15, 0.2) is 52.4 Å². The third-order valence-corrected chi connectivity index (χ3v) is 6.71. The summed E-state index contributed by atoms with van der Waals surface area (Å²) in [6, 6.07) is 12.2. The quantitative estimate of drug-likeness (QED) is 0.329. The number of nitrogens with one attached hydrogen (secondary N) is 2. The Morgan fingerprint density at radius 3 is 2.71 bits per heavy atom. The SMILES string of the molecule is CC(C)CCn1c(SCC(=O)Nc2ccccc2C(=O)NC2CC2)nc2cc(Cl)ccc2c1=O. The Morgan fingerprint density at radius 1 is 1.21 bits per heavy atom. The highest BCUT2D eigenvalue weighted by atomic mass is 35.5. The molecule has 0 aliphatic heterocycles. The Labute approximate surface area is 207 Å². The van der Waals surface area contributed by atoms with Crippen LogP contribution in [0.25, 0.3) is 10.9 Å². The van der Waals surface area contributed by atoms with Gasteiger partial charge in [-0.1, -0.05) is 49.3 Å². The fourth-order valence-electron chi connectivity index (χ4n) is 3.47. The fraction of sp³-hybridized carbons (Fsp3) is 0.360. The van der Waals surface area contributed by atoms with Crippen LogP contribution >= 0.6 is 23.4 Å². The minimum absolute atomic E-state index is 0.0404. The van der Waals surface area contributed by atoms with Gasteiger partial charge in [-0.25, -0.2) is 4.98 Å². The molecule has 2 amide bonds. The number of aromatic nitrogens is 2. The van der Waals surface area contributed by atoms with E-state index in [1.165, 1.54) is 11.8 Å². The molecule has 1 aliphatic rings. The second kappa shape index (κ2) is 10.6. The lowest BCUT2D eigenvalue weighted by Crippen LogP contribution is -2.27. The van der Waals surface area contributed by atoms with E-state index in [1.54, 1.807) is 47.0 Å². The van der Waals surface area contributed by atoms with Gasteiger partial charge < -0.3 is 10.6 Å². The molecule has 1 aromatic heterocycles. The number of benzene rings is 2. The molecule has 3 aromatic rings. The summed E-state index contributed by atoms with van der Waals surface area (Å²) in [6.45, 7) is 4.70. The van der Waals surface area contributed by atoms with Crippen molar-refractivity contribution >= 4 is 51.8 Å². The van der Waals surface area contributed by atoms with Crippen LogP contribution in [0.5, 0.6) is 0 Å². The fourth-order valence-corrected chi connectivity index (χ4v) is 4.46. The zero-order chi connectivity index (χ0) is 24.2.